The van der Waals surface area contributed by atoms with E-state index in [1.54, 1.807) is 6.92 Å². The Morgan fingerprint density at radius 3 is 3.04 bits per heavy atom. The number of amides is 1. The van der Waals surface area contributed by atoms with Gasteiger partial charge in [-0.1, -0.05) is 24.2 Å². The van der Waals surface area contributed by atoms with E-state index in [2.05, 4.69) is 27.7 Å². The second-order valence-electron chi connectivity index (χ2n) is 6.07. The molecule has 0 radical (unpaired) electrons. The Kier molecular flexibility index (Phi) is 5.52. The van der Waals surface area contributed by atoms with Gasteiger partial charge in [0.25, 0.3) is 5.91 Å². The first-order valence-corrected chi connectivity index (χ1v) is 9.14. The summed E-state index contributed by atoms with van der Waals surface area (Å²) in [6.45, 7) is 5.82. The number of aromatic nitrogens is 2. The fourth-order valence-electron chi connectivity index (χ4n) is 2.75. The molecule has 2 unspecified atom stereocenters. The number of nitrogens with zero attached hydrogens (tertiary/aromatic N) is 2. The topological polar surface area (TPSA) is 80.0 Å². The Bertz CT molecular complexity index is 703. The lowest BCUT2D eigenvalue weighted by molar-refractivity contribution is 0.0912. The third-order valence-electron chi connectivity index (χ3n) is 4.20. The number of rotatable bonds is 5. The molecule has 1 amide bonds. The van der Waals surface area contributed by atoms with Crippen LogP contribution >= 0.6 is 11.8 Å². The van der Waals surface area contributed by atoms with Gasteiger partial charge >= 0.3 is 0 Å². The highest BCUT2D eigenvalue weighted by Crippen LogP contribution is 2.26. The average molecular weight is 346 g/mol. The number of benzene rings is 1. The summed E-state index contributed by atoms with van der Waals surface area (Å²) >= 11 is 1.53. The van der Waals surface area contributed by atoms with Gasteiger partial charge in [-0.3, -0.25) is 4.79 Å². The number of aryl methyl sites for hydroxylation is 1. The Morgan fingerprint density at radius 2 is 2.29 bits per heavy atom. The maximum absolute atomic E-state index is 12.7. The molecule has 2 heterocycles. The molecular formula is C17H22N4O2S. The van der Waals surface area contributed by atoms with Crippen molar-refractivity contribution in [3.8, 4) is 0 Å². The molecule has 1 aliphatic rings. The maximum atomic E-state index is 12.7. The molecule has 0 aliphatic carbocycles. The monoisotopic (exact) mass is 346 g/mol. The van der Waals surface area contributed by atoms with Gasteiger partial charge in [-0.25, -0.2) is 0 Å². The molecule has 2 aromatic rings. The largest absolute Gasteiger partial charge is 0.348 e. The van der Waals surface area contributed by atoms with E-state index in [1.165, 1.54) is 11.8 Å². The third kappa shape index (κ3) is 4.15. The number of thioether (sulfide) groups is 1. The molecule has 1 aromatic carbocycles. The summed E-state index contributed by atoms with van der Waals surface area (Å²) in [5.74, 6) is 2.19. The van der Waals surface area contributed by atoms with E-state index >= 15 is 0 Å². The molecule has 1 saturated heterocycles. The van der Waals surface area contributed by atoms with Gasteiger partial charge in [0.15, 0.2) is 5.82 Å². The van der Waals surface area contributed by atoms with Crippen molar-refractivity contribution in [1.82, 2.24) is 20.8 Å². The molecule has 1 aliphatic heterocycles. The molecule has 0 bridgehead atoms. The van der Waals surface area contributed by atoms with Crippen LogP contribution in [0.15, 0.2) is 33.7 Å². The first kappa shape index (κ1) is 17.0. The predicted octanol–water partition coefficient (Wildman–Crippen LogP) is 2.40. The third-order valence-corrected chi connectivity index (χ3v) is 5.25. The van der Waals surface area contributed by atoms with Crippen LogP contribution in [-0.4, -0.2) is 35.2 Å². The summed E-state index contributed by atoms with van der Waals surface area (Å²) in [6, 6.07) is 7.80. The summed E-state index contributed by atoms with van der Waals surface area (Å²) in [5.41, 5.74) is 0.691. The first-order chi connectivity index (χ1) is 11.6. The molecule has 3 rings (SSSR count). The van der Waals surface area contributed by atoms with Gasteiger partial charge in [0.05, 0.1) is 11.3 Å². The molecule has 0 saturated carbocycles. The summed E-state index contributed by atoms with van der Waals surface area (Å²) in [5, 5.41) is 10.3. The van der Waals surface area contributed by atoms with Crippen molar-refractivity contribution in [3.63, 3.8) is 0 Å². The first-order valence-electron chi connectivity index (χ1n) is 8.16. The molecule has 7 heteroatoms. The molecule has 128 valence electrons. The lowest BCUT2D eigenvalue weighted by Gasteiger charge is -2.30. The van der Waals surface area contributed by atoms with E-state index in [0.717, 1.165) is 24.4 Å². The molecule has 24 heavy (non-hydrogen) atoms. The van der Waals surface area contributed by atoms with E-state index < -0.39 is 0 Å². The molecule has 0 spiro atoms. The lowest BCUT2D eigenvalue weighted by atomic mass is 9.94. The minimum Gasteiger partial charge on any atom is -0.348 e. The van der Waals surface area contributed by atoms with Crippen LogP contribution in [0.5, 0.6) is 0 Å². The summed E-state index contributed by atoms with van der Waals surface area (Å²) < 4.78 is 5.13. The normalized spacial score (nSPS) is 20.8. The van der Waals surface area contributed by atoms with Crippen LogP contribution in [0.3, 0.4) is 0 Å². The molecule has 1 aromatic heterocycles. The van der Waals surface area contributed by atoms with E-state index in [-0.39, 0.29) is 11.9 Å². The quantitative estimate of drug-likeness (QED) is 0.809. The van der Waals surface area contributed by atoms with Gasteiger partial charge in [0, 0.05) is 17.5 Å². The van der Waals surface area contributed by atoms with Crippen LogP contribution in [0.1, 0.15) is 35.4 Å². The van der Waals surface area contributed by atoms with E-state index in [4.69, 9.17) is 4.52 Å². The van der Waals surface area contributed by atoms with Crippen LogP contribution in [0.4, 0.5) is 0 Å². The van der Waals surface area contributed by atoms with Crippen molar-refractivity contribution >= 4 is 17.7 Å². The van der Waals surface area contributed by atoms with Crippen molar-refractivity contribution in [2.75, 3.05) is 13.1 Å². The SMILES string of the molecule is Cc1noc(CSc2ccccc2C(=O)NC2CNCCC2C)n1. The lowest BCUT2D eigenvalue weighted by Crippen LogP contribution is -2.50. The zero-order chi connectivity index (χ0) is 16.9. The molecule has 1 fully saturated rings. The van der Waals surface area contributed by atoms with Gasteiger partial charge < -0.3 is 15.2 Å². The van der Waals surface area contributed by atoms with Gasteiger partial charge in [0.2, 0.25) is 5.89 Å². The van der Waals surface area contributed by atoms with Crippen molar-refractivity contribution in [1.29, 1.82) is 0 Å². The number of carbonyl (C=O) groups excluding carboxylic acids is 1. The highest BCUT2D eigenvalue weighted by Gasteiger charge is 2.24. The van der Waals surface area contributed by atoms with Gasteiger partial charge in [-0.05, 0) is 37.9 Å². The number of carbonyl (C=O) groups is 1. The summed E-state index contributed by atoms with van der Waals surface area (Å²) in [6.07, 6.45) is 1.08. The second kappa shape index (κ2) is 7.81. The summed E-state index contributed by atoms with van der Waals surface area (Å²) in [7, 11) is 0. The van der Waals surface area contributed by atoms with Crippen LogP contribution in [0, 0.1) is 12.8 Å². The fraction of sp³-hybridized carbons (Fsp3) is 0.471. The van der Waals surface area contributed by atoms with Gasteiger partial charge in [0.1, 0.15) is 0 Å². The summed E-state index contributed by atoms with van der Waals surface area (Å²) in [4.78, 5) is 17.8. The molecule has 2 atom stereocenters. The average Bonchev–Trinajstić information content (AvgIpc) is 3.01. The maximum Gasteiger partial charge on any atom is 0.252 e. The second-order valence-corrected chi connectivity index (χ2v) is 7.09. The smallest absolute Gasteiger partial charge is 0.252 e. The minimum absolute atomic E-state index is 0.0274. The van der Waals surface area contributed by atoms with E-state index in [1.807, 2.05) is 24.3 Å². The van der Waals surface area contributed by atoms with E-state index in [0.29, 0.717) is 28.9 Å². The van der Waals surface area contributed by atoms with Crippen molar-refractivity contribution in [3.05, 3.63) is 41.5 Å². The van der Waals surface area contributed by atoms with Gasteiger partial charge in [-0.2, -0.15) is 4.98 Å². The number of nitrogens with one attached hydrogen (secondary N) is 2. The van der Waals surface area contributed by atoms with Crippen molar-refractivity contribution in [2.45, 2.75) is 37.0 Å². The van der Waals surface area contributed by atoms with Crippen molar-refractivity contribution < 1.29 is 9.32 Å². The highest BCUT2D eigenvalue weighted by molar-refractivity contribution is 7.98. The number of piperidine rings is 1. The van der Waals surface area contributed by atoms with Gasteiger partial charge in [-0.15, -0.1) is 11.8 Å². The molecular weight excluding hydrogens is 324 g/mol. The number of hydrogen-bond donors (Lipinski definition) is 2. The van der Waals surface area contributed by atoms with Crippen LogP contribution in [0.2, 0.25) is 0 Å². The molecule has 2 N–H and O–H groups in total. The number of hydrogen-bond acceptors (Lipinski definition) is 6. The Balaban J connectivity index is 1.67. The standard InChI is InChI=1S/C17H22N4O2S/c1-11-7-8-18-9-14(11)20-17(22)13-5-3-4-6-15(13)24-10-16-19-12(2)21-23-16/h3-6,11,14,18H,7-10H2,1-2H3,(H,20,22). The minimum atomic E-state index is -0.0274. The predicted molar refractivity (Wildman–Crippen MR) is 92.9 cm³/mol. The zero-order valence-corrected chi connectivity index (χ0v) is 14.7. The zero-order valence-electron chi connectivity index (χ0n) is 13.9. The van der Waals surface area contributed by atoms with Crippen LogP contribution in [0.25, 0.3) is 0 Å². The van der Waals surface area contributed by atoms with Crippen LogP contribution < -0.4 is 10.6 Å². The van der Waals surface area contributed by atoms with E-state index in [9.17, 15) is 4.79 Å². The molecule has 6 nitrogen and oxygen atoms in total. The Labute approximate surface area is 145 Å². The Hall–Kier alpha value is -1.86. The van der Waals surface area contributed by atoms with Crippen molar-refractivity contribution in [2.24, 2.45) is 5.92 Å². The highest BCUT2D eigenvalue weighted by atomic mass is 32.2. The fourth-order valence-corrected chi connectivity index (χ4v) is 3.63. The Morgan fingerprint density at radius 1 is 1.46 bits per heavy atom. The van der Waals surface area contributed by atoms with Crippen LogP contribution in [-0.2, 0) is 5.75 Å².